The van der Waals surface area contributed by atoms with E-state index in [4.69, 9.17) is 11.6 Å². The predicted molar refractivity (Wildman–Crippen MR) is 57.8 cm³/mol. The van der Waals surface area contributed by atoms with E-state index in [1.165, 1.54) is 12.8 Å². The van der Waals surface area contributed by atoms with Gasteiger partial charge in [-0.25, -0.2) is 0 Å². The standard InChI is InChI=1S/C11H23Cl/c1-9(2)7-6-8-11(5,12)10(3)4/h9-10H,6-8H2,1-5H3. The van der Waals surface area contributed by atoms with Crippen molar-refractivity contribution in [1.29, 1.82) is 0 Å². The van der Waals surface area contributed by atoms with E-state index in [2.05, 4.69) is 34.6 Å². The first kappa shape index (κ1) is 12.3. The lowest BCUT2D eigenvalue weighted by Gasteiger charge is -2.26. The Bertz CT molecular complexity index is 114. The highest BCUT2D eigenvalue weighted by atomic mass is 35.5. The van der Waals surface area contributed by atoms with Crippen molar-refractivity contribution in [1.82, 2.24) is 0 Å². The van der Waals surface area contributed by atoms with Crippen LogP contribution in [0.2, 0.25) is 0 Å². The molecule has 0 fully saturated rings. The quantitative estimate of drug-likeness (QED) is 0.562. The van der Waals surface area contributed by atoms with E-state index in [0.717, 1.165) is 12.3 Å². The number of halogens is 1. The molecule has 0 aromatic heterocycles. The molecule has 0 amide bonds. The summed E-state index contributed by atoms with van der Waals surface area (Å²) < 4.78 is 0. The van der Waals surface area contributed by atoms with E-state index >= 15 is 0 Å². The summed E-state index contributed by atoms with van der Waals surface area (Å²) in [4.78, 5) is 0.00882. The van der Waals surface area contributed by atoms with Gasteiger partial charge in [0.1, 0.15) is 0 Å². The zero-order valence-corrected chi connectivity index (χ0v) is 9.91. The largest absolute Gasteiger partial charge is 0.119 e. The fourth-order valence-electron chi connectivity index (χ4n) is 1.14. The molecule has 0 saturated carbocycles. The molecule has 74 valence electrons. The maximum atomic E-state index is 6.35. The van der Waals surface area contributed by atoms with Crippen LogP contribution < -0.4 is 0 Å². The molecule has 0 aromatic carbocycles. The van der Waals surface area contributed by atoms with E-state index in [1.807, 2.05) is 0 Å². The molecule has 1 heteroatoms. The highest BCUT2D eigenvalue weighted by Crippen LogP contribution is 2.30. The molecular weight excluding hydrogens is 168 g/mol. The van der Waals surface area contributed by atoms with Gasteiger partial charge in [-0.15, -0.1) is 11.6 Å². The van der Waals surface area contributed by atoms with Gasteiger partial charge < -0.3 is 0 Å². The molecular formula is C11H23Cl. The minimum absolute atomic E-state index is 0.00882. The molecule has 0 nitrogen and oxygen atoms in total. The Balaban J connectivity index is 3.61. The topological polar surface area (TPSA) is 0 Å². The van der Waals surface area contributed by atoms with Crippen molar-refractivity contribution in [3.63, 3.8) is 0 Å². The Morgan fingerprint density at radius 2 is 1.67 bits per heavy atom. The van der Waals surface area contributed by atoms with Crippen LogP contribution >= 0.6 is 11.6 Å². The summed E-state index contributed by atoms with van der Waals surface area (Å²) in [5.74, 6) is 1.39. The summed E-state index contributed by atoms with van der Waals surface area (Å²) in [7, 11) is 0. The second kappa shape index (κ2) is 5.11. The number of hydrogen-bond donors (Lipinski definition) is 0. The lowest BCUT2D eigenvalue weighted by Crippen LogP contribution is -2.23. The predicted octanol–water partition coefficient (Wildman–Crippen LogP) is 4.47. The van der Waals surface area contributed by atoms with Gasteiger partial charge in [-0.1, -0.05) is 40.5 Å². The van der Waals surface area contributed by atoms with Crippen LogP contribution in [-0.4, -0.2) is 4.87 Å². The first-order chi connectivity index (χ1) is 5.36. The van der Waals surface area contributed by atoms with Crippen LogP contribution in [0.3, 0.4) is 0 Å². The monoisotopic (exact) mass is 190 g/mol. The van der Waals surface area contributed by atoms with Gasteiger partial charge in [-0.2, -0.15) is 0 Å². The second-order valence-corrected chi connectivity index (χ2v) is 5.58. The molecule has 12 heavy (non-hydrogen) atoms. The average Bonchev–Trinajstić information content (AvgIpc) is 1.85. The Labute approximate surface area is 82.7 Å². The molecule has 1 atom stereocenters. The van der Waals surface area contributed by atoms with E-state index in [1.54, 1.807) is 0 Å². The van der Waals surface area contributed by atoms with Crippen LogP contribution in [0.4, 0.5) is 0 Å². The van der Waals surface area contributed by atoms with Crippen LogP contribution in [0.15, 0.2) is 0 Å². The molecule has 0 saturated heterocycles. The first-order valence-corrected chi connectivity index (χ1v) is 5.43. The highest BCUT2D eigenvalue weighted by Gasteiger charge is 2.24. The normalized spacial score (nSPS) is 17.0. The van der Waals surface area contributed by atoms with Crippen molar-refractivity contribution in [2.75, 3.05) is 0 Å². The van der Waals surface area contributed by atoms with Crippen LogP contribution in [-0.2, 0) is 0 Å². The molecule has 1 unspecified atom stereocenters. The van der Waals surface area contributed by atoms with Crippen LogP contribution in [0, 0.1) is 11.8 Å². The fourth-order valence-corrected chi connectivity index (χ4v) is 1.28. The maximum absolute atomic E-state index is 6.35. The van der Waals surface area contributed by atoms with Gasteiger partial charge in [-0.3, -0.25) is 0 Å². The van der Waals surface area contributed by atoms with Gasteiger partial charge in [-0.05, 0) is 25.2 Å². The Kier molecular flexibility index (Phi) is 5.24. The minimum atomic E-state index is 0.00882. The molecule has 0 aliphatic rings. The molecule has 0 heterocycles. The zero-order valence-electron chi connectivity index (χ0n) is 9.15. The van der Waals surface area contributed by atoms with Crippen LogP contribution in [0.1, 0.15) is 53.9 Å². The third-order valence-electron chi connectivity index (χ3n) is 2.65. The lowest BCUT2D eigenvalue weighted by molar-refractivity contribution is 0.397. The molecule has 0 spiro atoms. The summed E-state index contributed by atoms with van der Waals surface area (Å²) in [5, 5.41) is 0. The van der Waals surface area contributed by atoms with Gasteiger partial charge in [0.2, 0.25) is 0 Å². The Morgan fingerprint density at radius 3 is 2.00 bits per heavy atom. The molecule has 0 bridgehead atoms. The molecule has 0 N–H and O–H groups in total. The molecule has 0 aromatic rings. The Hall–Kier alpha value is 0.290. The summed E-state index contributed by atoms with van der Waals surface area (Å²) in [5.41, 5.74) is 0. The number of rotatable bonds is 5. The first-order valence-electron chi connectivity index (χ1n) is 5.05. The summed E-state index contributed by atoms with van der Waals surface area (Å²) in [6.07, 6.45) is 3.70. The average molecular weight is 191 g/mol. The molecule has 0 aliphatic carbocycles. The van der Waals surface area contributed by atoms with E-state index < -0.39 is 0 Å². The van der Waals surface area contributed by atoms with E-state index in [-0.39, 0.29) is 4.87 Å². The smallest absolute Gasteiger partial charge is 0.0441 e. The van der Waals surface area contributed by atoms with Crippen LogP contribution in [0.5, 0.6) is 0 Å². The third-order valence-corrected chi connectivity index (χ3v) is 3.28. The molecule has 0 radical (unpaired) electrons. The van der Waals surface area contributed by atoms with E-state index in [9.17, 15) is 0 Å². The van der Waals surface area contributed by atoms with Gasteiger partial charge >= 0.3 is 0 Å². The van der Waals surface area contributed by atoms with Gasteiger partial charge in [0.15, 0.2) is 0 Å². The van der Waals surface area contributed by atoms with Gasteiger partial charge in [0.05, 0.1) is 0 Å². The highest BCUT2D eigenvalue weighted by molar-refractivity contribution is 6.23. The summed E-state index contributed by atoms with van der Waals surface area (Å²) in [6.45, 7) is 11.1. The second-order valence-electron chi connectivity index (χ2n) is 4.72. The van der Waals surface area contributed by atoms with E-state index in [0.29, 0.717) is 5.92 Å². The summed E-state index contributed by atoms with van der Waals surface area (Å²) in [6, 6.07) is 0. The van der Waals surface area contributed by atoms with Crippen molar-refractivity contribution in [3.8, 4) is 0 Å². The minimum Gasteiger partial charge on any atom is -0.119 e. The molecule has 0 rings (SSSR count). The van der Waals surface area contributed by atoms with Crippen LogP contribution in [0.25, 0.3) is 0 Å². The number of hydrogen-bond acceptors (Lipinski definition) is 0. The maximum Gasteiger partial charge on any atom is 0.0441 e. The fraction of sp³-hybridized carbons (Fsp3) is 1.00. The lowest BCUT2D eigenvalue weighted by atomic mass is 9.90. The van der Waals surface area contributed by atoms with Gasteiger partial charge in [0, 0.05) is 4.87 Å². The third kappa shape index (κ3) is 5.03. The van der Waals surface area contributed by atoms with Crippen molar-refractivity contribution in [2.45, 2.75) is 58.8 Å². The van der Waals surface area contributed by atoms with Crippen molar-refractivity contribution in [2.24, 2.45) is 11.8 Å². The SMILES string of the molecule is CC(C)CCCC(C)(Cl)C(C)C. The van der Waals surface area contributed by atoms with Gasteiger partial charge in [0.25, 0.3) is 0 Å². The molecule has 0 aliphatic heterocycles. The summed E-state index contributed by atoms with van der Waals surface area (Å²) >= 11 is 6.35. The Morgan fingerprint density at radius 1 is 1.17 bits per heavy atom. The van der Waals surface area contributed by atoms with Crippen molar-refractivity contribution in [3.05, 3.63) is 0 Å². The zero-order chi connectivity index (χ0) is 9.78. The van der Waals surface area contributed by atoms with Crippen molar-refractivity contribution < 1.29 is 0 Å². The number of alkyl halides is 1. The van der Waals surface area contributed by atoms with Crippen molar-refractivity contribution >= 4 is 11.6 Å².